The number of fused-ring (bicyclic) bond motifs is 2. The summed E-state index contributed by atoms with van der Waals surface area (Å²) in [6.45, 7) is 7.26. The summed E-state index contributed by atoms with van der Waals surface area (Å²) in [6, 6.07) is 2.78. The van der Waals surface area contributed by atoms with Crippen molar-refractivity contribution in [1.29, 1.82) is 0 Å². The van der Waals surface area contributed by atoms with E-state index in [0.29, 0.717) is 18.9 Å². The van der Waals surface area contributed by atoms with E-state index >= 15 is 0 Å². The Balaban J connectivity index is 1.58. The summed E-state index contributed by atoms with van der Waals surface area (Å²) in [6.07, 6.45) is 3.59. The minimum atomic E-state index is -0.887. The van der Waals surface area contributed by atoms with Crippen molar-refractivity contribution in [1.82, 2.24) is 19.9 Å². The maximum Gasteiger partial charge on any atom is 0.408 e. The highest BCUT2D eigenvalue weighted by Gasteiger charge is 2.59. The number of carboxylic acid groups (broad SMARTS) is 1. The Labute approximate surface area is 190 Å². The monoisotopic (exact) mass is 458 g/mol. The second kappa shape index (κ2) is 8.13. The van der Waals surface area contributed by atoms with E-state index in [1.807, 2.05) is 0 Å². The molecule has 0 aliphatic carbocycles. The third kappa shape index (κ3) is 3.91. The van der Waals surface area contributed by atoms with Gasteiger partial charge in [0.15, 0.2) is 11.5 Å². The number of nitrogens with zero attached hydrogens (tertiary/aromatic N) is 5. The van der Waals surface area contributed by atoms with Gasteiger partial charge in [0.1, 0.15) is 5.82 Å². The van der Waals surface area contributed by atoms with Crippen LogP contribution in [0.2, 0.25) is 0 Å². The van der Waals surface area contributed by atoms with Gasteiger partial charge in [-0.2, -0.15) is 4.98 Å². The van der Waals surface area contributed by atoms with E-state index in [2.05, 4.69) is 50.7 Å². The number of pyridine rings is 1. The van der Waals surface area contributed by atoms with Crippen LogP contribution in [0.1, 0.15) is 44.1 Å². The lowest BCUT2D eigenvalue weighted by molar-refractivity contribution is 0.00525. The summed E-state index contributed by atoms with van der Waals surface area (Å²) in [5, 5.41) is 12.8. The Bertz CT molecular complexity index is 1090. The van der Waals surface area contributed by atoms with E-state index in [1.54, 1.807) is 17.2 Å². The maximum atomic E-state index is 14.2. The first kappa shape index (κ1) is 22.7. The molecule has 2 bridgehead atoms. The fraction of sp³-hybridized carbons (Fsp3) is 0.500. The van der Waals surface area contributed by atoms with Crippen molar-refractivity contribution in [2.24, 2.45) is 5.41 Å². The average molecular weight is 458 g/mol. The van der Waals surface area contributed by atoms with Crippen molar-refractivity contribution in [3.8, 4) is 0 Å². The number of carbonyl (C=O) groups excluding carboxylic acids is 1. The third-order valence-electron chi connectivity index (χ3n) is 6.64. The van der Waals surface area contributed by atoms with Crippen LogP contribution < -0.4 is 10.2 Å². The Morgan fingerprint density at radius 1 is 1.33 bits per heavy atom. The highest BCUT2D eigenvalue weighted by molar-refractivity contribution is 5.87. The lowest BCUT2D eigenvalue weighted by atomic mass is 9.71. The number of methoxy groups -OCH3 is 1. The normalized spacial score (nSPS) is 22.3. The van der Waals surface area contributed by atoms with Crippen LogP contribution in [0.25, 0.3) is 0 Å². The van der Waals surface area contributed by atoms with Crippen LogP contribution in [0.15, 0.2) is 24.5 Å². The largest absolute Gasteiger partial charge is 0.465 e. The summed E-state index contributed by atoms with van der Waals surface area (Å²) in [5.41, 5.74) is -0.926. The lowest BCUT2D eigenvalue weighted by Crippen LogP contribution is -2.68. The van der Waals surface area contributed by atoms with Gasteiger partial charge in [-0.25, -0.2) is 23.9 Å². The minimum Gasteiger partial charge on any atom is -0.465 e. The molecule has 2 aliphatic heterocycles. The molecule has 2 saturated heterocycles. The number of ether oxygens (including phenoxy) is 1. The van der Waals surface area contributed by atoms with E-state index in [9.17, 15) is 19.1 Å². The van der Waals surface area contributed by atoms with E-state index in [4.69, 9.17) is 0 Å². The van der Waals surface area contributed by atoms with Gasteiger partial charge in [-0.15, -0.1) is 0 Å². The molecule has 33 heavy (non-hydrogen) atoms. The number of hydrogen-bond donors (Lipinski definition) is 2. The molecule has 2 aromatic rings. The zero-order chi connectivity index (χ0) is 24.0. The predicted molar refractivity (Wildman–Crippen MR) is 118 cm³/mol. The maximum absolute atomic E-state index is 14.2. The SMILES string of the molecule is COC(=O)c1ncc(Nc2nccc(N3CC4CCC(C(C)(C)C)(C3)N4C(=O)O)n2)cc1F. The van der Waals surface area contributed by atoms with Crippen LogP contribution in [-0.4, -0.2) is 68.8 Å². The van der Waals surface area contributed by atoms with Gasteiger partial charge in [0.2, 0.25) is 5.95 Å². The molecule has 2 atom stereocenters. The fourth-order valence-electron chi connectivity index (χ4n) is 4.92. The van der Waals surface area contributed by atoms with E-state index < -0.39 is 29.1 Å². The molecule has 2 aromatic heterocycles. The van der Waals surface area contributed by atoms with Gasteiger partial charge in [-0.05, 0) is 24.3 Å². The second-order valence-corrected chi connectivity index (χ2v) is 9.42. The number of rotatable bonds is 4. The van der Waals surface area contributed by atoms with E-state index in [-0.39, 0.29) is 23.1 Å². The number of aromatic nitrogens is 3. The van der Waals surface area contributed by atoms with Gasteiger partial charge in [0.05, 0.1) is 30.6 Å². The van der Waals surface area contributed by atoms with Gasteiger partial charge >= 0.3 is 12.1 Å². The number of hydrogen-bond acceptors (Lipinski definition) is 8. The Morgan fingerprint density at radius 3 is 2.73 bits per heavy atom. The topological polar surface area (TPSA) is 121 Å². The first-order chi connectivity index (χ1) is 15.6. The number of nitrogens with one attached hydrogen (secondary N) is 1. The number of piperazine rings is 1. The van der Waals surface area contributed by atoms with Crippen molar-refractivity contribution >= 4 is 29.5 Å². The first-order valence-corrected chi connectivity index (χ1v) is 10.7. The summed E-state index contributed by atoms with van der Waals surface area (Å²) in [4.78, 5) is 39.9. The molecule has 4 heterocycles. The molecule has 1 amide bonds. The molecule has 10 nitrogen and oxygen atoms in total. The number of esters is 1. The summed E-state index contributed by atoms with van der Waals surface area (Å²) in [5.74, 6) is -0.799. The van der Waals surface area contributed by atoms with Crippen LogP contribution in [0.3, 0.4) is 0 Å². The van der Waals surface area contributed by atoms with Gasteiger partial charge in [0, 0.05) is 25.4 Å². The van der Waals surface area contributed by atoms with Crippen LogP contribution in [0.4, 0.5) is 26.6 Å². The molecular weight excluding hydrogens is 431 g/mol. The molecule has 176 valence electrons. The first-order valence-electron chi connectivity index (χ1n) is 10.7. The van der Waals surface area contributed by atoms with Gasteiger partial charge in [0.25, 0.3) is 0 Å². The Kier molecular flexibility index (Phi) is 5.59. The van der Waals surface area contributed by atoms with Crippen LogP contribution in [0, 0.1) is 11.2 Å². The number of carbonyl (C=O) groups is 2. The molecular formula is C22H27FN6O4. The molecule has 0 spiro atoms. The molecule has 2 unspecified atom stereocenters. The summed E-state index contributed by atoms with van der Waals surface area (Å²) in [7, 11) is 1.15. The van der Waals surface area contributed by atoms with Crippen LogP contribution >= 0.6 is 0 Å². The van der Waals surface area contributed by atoms with Crippen molar-refractivity contribution in [2.45, 2.75) is 45.2 Å². The predicted octanol–water partition coefficient (Wildman–Crippen LogP) is 3.29. The standard InChI is InChI=1S/C22H27FN6O4/c1-21(2,3)22-7-5-14(29(22)20(31)32)11-28(12-22)16-6-8-24-19(27-16)26-13-9-15(23)17(25-10-13)18(30)33-4/h6,8-10,14H,5,7,11-12H2,1-4H3,(H,31,32)(H,24,26,27). The Hall–Kier alpha value is -3.50. The molecule has 0 radical (unpaired) electrons. The van der Waals surface area contributed by atoms with Crippen molar-refractivity contribution in [3.63, 3.8) is 0 Å². The molecule has 0 aromatic carbocycles. The van der Waals surface area contributed by atoms with Gasteiger partial charge in [-0.3, -0.25) is 4.90 Å². The van der Waals surface area contributed by atoms with Gasteiger partial charge < -0.3 is 20.1 Å². The fourth-order valence-corrected chi connectivity index (χ4v) is 4.92. The quantitative estimate of drug-likeness (QED) is 0.665. The lowest BCUT2D eigenvalue weighted by Gasteiger charge is -2.54. The smallest absolute Gasteiger partial charge is 0.408 e. The van der Waals surface area contributed by atoms with Crippen molar-refractivity contribution < 1.29 is 23.8 Å². The van der Waals surface area contributed by atoms with Crippen molar-refractivity contribution in [3.05, 3.63) is 36.0 Å². The highest BCUT2D eigenvalue weighted by atomic mass is 19.1. The number of anilines is 3. The summed E-state index contributed by atoms with van der Waals surface area (Å²) >= 11 is 0. The molecule has 2 aliphatic rings. The highest BCUT2D eigenvalue weighted by Crippen LogP contribution is 2.49. The molecule has 2 N–H and O–H groups in total. The average Bonchev–Trinajstić information content (AvgIpc) is 3.01. The zero-order valence-electron chi connectivity index (χ0n) is 19.0. The van der Waals surface area contributed by atoms with Crippen LogP contribution in [0.5, 0.6) is 0 Å². The second-order valence-electron chi connectivity index (χ2n) is 9.42. The molecule has 0 saturated carbocycles. The van der Waals surface area contributed by atoms with Crippen LogP contribution in [-0.2, 0) is 4.74 Å². The zero-order valence-corrected chi connectivity index (χ0v) is 19.0. The minimum absolute atomic E-state index is 0.119. The molecule has 2 fully saturated rings. The third-order valence-corrected chi connectivity index (χ3v) is 6.64. The van der Waals surface area contributed by atoms with Gasteiger partial charge in [-0.1, -0.05) is 20.8 Å². The van der Waals surface area contributed by atoms with E-state index in [1.165, 1.54) is 6.20 Å². The molecule has 4 rings (SSSR count). The van der Waals surface area contributed by atoms with E-state index in [0.717, 1.165) is 26.0 Å². The Morgan fingerprint density at radius 2 is 2.09 bits per heavy atom. The number of halogens is 1. The summed E-state index contributed by atoms with van der Waals surface area (Å²) < 4.78 is 18.7. The number of amides is 1. The van der Waals surface area contributed by atoms with Crippen molar-refractivity contribution in [2.75, 3.05) is 30.4 Å². The molecule has 11 heteroatoms.